The molecule has 2 aromatic rings. The van der Waals surface area contributed by atoms with E-state index in [1.165, 1.54) is 0 Å². The van der Waals surface area contributed by atoms with Crippen LogP contribution in [0, 0.1) is 0 Å². The zero-order chi connectivity index (χ0) is 13.7. The molecule has 0 saturated heterocycles. The SMILES string of the molecule is CCNS(=O)(=O)c1ccc(NCc2ccoc2)cc1. The predicted molar refractivity (Wildman–Crippen MR) is 73.3 cm³/mol. The number of sulfonamides is 1. The molecular formula is C13H16N2O3S. The summed E-state index contributed by atoms with van der Waals surface area (Å²) in [5.74, 6) is 0. The van der Waals surface area contributed by atoms with Crippen molar-refractivity contribution in [2.24, 2.45) is 0 Å². The van der Waals surface area contributed by atoms with Crippen molar-refractivity contribution in [2.75, 3.05) is 11.9 Å². The number of benzene rings is 1. The van der Waals surface area contributed by atoms with E-state index < -0.39 is 10.0 Å². The van der Waals surface area contributed by atoms with Gasteiger partial charge < -0.3 is 9.73 Å². The van der Waals surface area contributed by atoms with E-state index in [1.807, 2.05) is 6.07 Å². The molecule has 5 nitrogen and oxygen atoms in total. The maximum absolute atomic E-state index is 11.7. The standard InChI is InChI=1S/C13H16N2O3S/c1-2-15-19(16,17)13-5-3-12(4-6-13)14-9-11-7-8-18-10-11/h3-8,10,14-15H,2,9H2,1H3. The lowest BCUT2D eigenvalue weighted by Gasteiger charge is -2.07. The van der Waals surface area contributed by atoms with Crippen molar-refractivity contribution in [3.05, 3.63) is 48.4 Å². The molecule has 1 aromatic heterocycles. The average molecular weight is 280 g/mol. The highest BCUT2D eigenvalue weighted by atomic mass is 32.2. The van der Waals surface area contributed by atoms with Crippen molar-refractivity contribution in [1.82, 2.24) is 4.72 Å². The maximum Gasteiger partial charge on any atom is 0.240 e. The van der Waals surface area contributed by atoms with Crippen molar-refractivity contribution in [2.45, 2.75) is 18.4 Å². The van der Waals surface area contributed by atoms with Crippen LogP contribution in [0.25, 0.3) is 0 Å². The van der Waals surface area contributed by atoms with Crippen molar-refractivity contribution in [1.29, 1.82) is 0 Å². The Morgan fingerprint density at radius 1 is 1.16 bits per heavy atom. The number of furan rings is 1. The summed E-state index contributed by atoms with van der Waals surface area (Å²) in [4.78, 5) is 0.267. The normalized spacial score (nSPS) is 11.4. The molecule has 2 rings (SSSR count). The zero-order valence-electron chi connectivity index (χ0n) is 10.6. The Morgan fingerprint density at radius 2 is 1.89 bits per heavy atom. The van der Waals surface area contributed by atoms with Gasteiger partial charge in [0, 0.05) is 24.3 Å². The third-order valence-corrected chi connectivity index (χ3v) is 4.14. The summed E-state index contributed by atoms with van der Waals surface area (Å²) >= 11 is 0. The molecule has 102 valence electrons. The number of anilines is 1. The van der Waals surface area contributed by atoms with Gasteiger partial charge in [0.2, 0.25) is 10.0 Å². The van der Waals surface area contributed by atoms with E-state index in [4.69, 9.17) is 4.42 Å². The van der Waals surface area contributed by atoms with Gasteiger partial charge in [-0.1, -0.05) is 6.92 Å². The minimum Gasteiger partial charge on any atom is -0.472 e. The van der Waals surface area contributed by atoms with Crippen LogP contribution in [-0.4, -0.2) is 15.0 Å². The van der Waals surface area contributed by atoms with Crippen molar-refractivity contribution >= 4 is 15.7 Å². The molecule has 0 unspecified atom stereocenters. The van der Waals surface area contributed by atoms with E-state index in [9.17, 15) is 8.42 Å². The first-order chi connectivity index (χ1) is 9.12. The summed E-state index contributed by atoms with van der Waals surface area (Å²) in [6.07, 6.45) is 3.28. The van der Waals surface area contributed by atoms with Gasteiger partial charge in [0.25, 0.3) is 0 Å². The molecular weight excluding hydrogens is 264 g/mol. The average Bonchev–Trinajstić information content (AvgIpc) is 2.90. The topological polar surface area (TPSA) is 71.3 Å². The monoisotopic (exact) mass is 280 g/mol. The third-order valence-electron chi connectivity index (χ3n) is 2.58. The molecule has 0 amide bonds. The Kier molecular flexibility index (Phi) is 4.24. The van der Waals surface area contributed by atoms with Gasteiger partial charge in [0.05, 0.1) is 17.4 Å². The Labute approximate surface area is 112 Å². The van der Waals surface area contributed by atoms with Gasteiger partial charge in [-0.2, -0.15) is 0 Å². The predicted octanol–water partition coefficient (Wildman–Crippen LogP) is 2.19. The highest BCUT2D eigenvalue weighted by molar-refractivity contribution is 7.89. The third kappa shape index (κ3) is 3.59. The Morgan fingerprint density at radius 3 is 2.47 bits per heavy atom. The molecule has 1 aromatic carbocycles. The molecule has 1 heterocycles. The number of hydrogen-bond acceptors (Lipinski definition) is 4. The molecule has 2 N–H and O–H groups in total. The Bertz CT molecular complexity index is 604. The summed E-state index contributed by atoms with van der Waals surface area (Å²) in [7, 11) is -3.38. The van der Waals surface area contributed by atoms with Gasteiger partial charge in [0.15, 0.2) is 0 Å². The Balaban J connectivity index is 2.02. The fourth-order valence-corrected chi connectivity index (χ4v) is 2.66. The molecule has 0 atom stereocenters. The molecule has 0 spiro atoms. The summed E-state index contributed by atoms with van der Waals surface area (Å²) < 4.78 is 30.9. The van der Waals surface area contributed by atoms with Crippen molar-refractivity contribution < 1.29 is 12.8 Å². The summed E-state index contributed by atoms with van der Waals surface area (Å²) in [5.41, 5.74) is 1.89. The molecule has 6 heteroatoms. The van der Waals surface area contributed by atoms with Crippen molar-refractivity contribution in [3.8, 4) is 0 Å². The first-order valence-corrected chi connectivity index (χ1v) is 7.45. The lowest BCUT2D eigenvalue weighted by atomic mass is 10.3. The minimum absolute atomic E-state index is 0.267. The van der Waals surface area contributed by atoms with Crippen LogP contribution in [0.15, 0.2) is 52.2 Å². The van der Waals surface area contributed by atoms with Crippen LogP contribution in [-0.2, 0) is 16.6 Å². The molecule has 0 radical (unpaired) electrons. The molecule has 0 fully saturated rings. The largest absolute Gasteiger partial charge is 0.472 e. The molecule has 0 aliphatic carbocycles. The second kappa shape index (κ2) is 5.90. The van der Waals surface area contributed by atoms with Gasteiger partial charge in [-0.05, 0) is 30.3 Å². The second-order valence-corrected chi connectivity index (χ2v) is 5.78. The van der Waals surface area contributed by atoms with Gasteiger partial charge in [-0.15, -0.1) is 0 Å². The fourth-order valence-electron chi connectivity index (χ4n) is 1.62. The summed E-state index contributed by atoms with van der Waals surface area (Å²) in [6, 6.07) is 8.51. The van der Waals surface area contributed by atoms with E-state index in [1.54, 1.807) is 43.7 Å². The highest BCUT2D eigenvalue weighted by Gasteiger charge is 2.11. The highest BCUT2D eigenvalue weighted by Crippen LogP contribution is 2.14. The van der Waals surface area contributed by atoms with Crippen LogP contribution >= 0.6 is 0 Å². The number of rotatable bonds is 6. The first kappa shape index (κ1) is 13.6. The maximum atomic E-state index is 11.7. The van der Waals surface area contributed by atoms with Gasteiger partial charge >= 0.3 is 0 Å². The van der Waals surface area contributed by atoms with Crippen LogP contribution < -0.4 is 10.0 Å². The van der Waals surface area contributed by atoms with Gasteiger partial charge in [-0.25, -0.2) is 13.1 Å². The minimum atomic E-state index is -3.38. The van der Waals surface area contributed by atoms with Gasteiger partial charge in [-0.3, -0.25) is 0 Å². The quantitative estimate of drug-likeness (QED) is 0.851. The zero-order valence-corrected chi connectivity index (χ0v) is 11.4. The Hall–Kier alpha value is -1.79. The second-order valence-electron chi connectivity index (χ2n) is 4.01. The van der Waals surface area contributed by atoms with Gasteiger partial charge in [0.1, 0.15) is 0 Å². The molecule has 0 bridgehead atoms. The molecule has 0 aliphatic heterocycles. The van der Waals surface area contributed by atoms with Crippen LogP contribution in [0.5, 0.6) is 0 Å². The smallest absolute Gasteiger partial charge is 0.240 e. The lowest BCUT2D eigenvalue weighted by Crippen LogP contribution is -2.23. The van der Waals surface area contributed by atoms with E-state index in [0.717, 1.165) is 11.3 Å². The first-order valence-electron chi connectivity index (χ1n) is 5.96. The number of nitrogens with one attached hydrogen (secondary N) is 2. The summed E-state index contributed by atoms with van der Waals surface area (Å²) in [5, 5.41) is 3.18. The van der Waals surface area contributed by atoms with E-state index in [-0.39, 0.29) is 4.90 Å². The van der Waals surface area contributed by atoms with Crippen LogP contribution in [0.4, 0.5) is 5.69 Å². The van der Waals surface area contributed by atoms with Crippen LogP contribution in [0.3, 0.4) is 0 Å². The molecule has 19 heavy (non-hydrogen) atoms. The molecule has 0 aliphatic rings. The van der Waals surface area contributed by atoms with E-state index in [0.29, 0.717) is 13.1 Å². The van der Waals surface area contributed by atoms with E-state index in [2.05, 4.69) is 10.0 Å². The van der Waals surface area contributed by atoms with Crippen molar-refractivity contribution in [3.63, 3.8) is 0 Å². The number of hydrogen-bond donors (Lipinski definition) is 2. The van der Waals surface area contributed by atoms with E-state index >= 15 is 0 Å². The van der Waals surface area contributed by atoms with Crippen LogP contribution in [0.2, 0.25) is 0 Å². The lowest BCUT2D eigenvalue weighted by molar-refractivity contribution is 0.564. The van der Waals surface area contributed by atoms with Crippen LogP contribution in [0.1, 0.15) is 12.5 Å². The molecule has 0 saturated carbocycles. The summed E-state index contributed by atoms with van der Waals surface area (Å²) in [6.45, 7) is 2.76. The fraction of sp³-hybridized carbons (Fsp3) is 0.231.